The number of halogens is 1. The van der Waals surface area contributed by atoms with Crippen molar-refractivity contribution < 1.29 is 9.53 Å². The number of benzene rings is 1. The molecule has 0 bridgehead atoms. The number of carbonyl (C=O) groups is 1. The molecule has 3 rings (SSSR count). The highest BCUT2D eigenvalue weighted by atomic mass is 35.5. The average Bonchev–Trinajstić information content (AvgIpc) is 2.90. The third-order valence-electron chi connectivity index (χ3n) is 3.70. The lowest BCUT2D eigenvalue weighted by Crippen LogP contribution is -2.11. The number of nitrogens with zero attached hydrogens (tertiary/aromatic N) is 4. The number of hydrogen-bond acceptors (Lipinski definition) is 6. The quantitative estimate of drug-likeness (QED) is 0.569. The maximum Gasteiger partial charge on any atom is 0.356 e. The second kappa shape index (κ2) is 6.90. The van der Waals surface area contributed by atoms with Crippen molar-refractivity contribution in [2.75, 3.05) is 12.8 Å². The van der Waals surface area contributed by atoms with Crippen LogP contribution in [-0.4, -0.2) is 32.8 Å². The summed E-state index contributed by atoms with van der Waals surface area (Å²) in [5.74, 6) is -0.432. The van der Waals surface area contributed by atoms with Crippen LogP contribution in [0.15, 0.2) is 36.4 Å². The predicted octanol–water partition coefficient (Wildman–Crippen LogP) is 2.49. The molecule has 0 aliphatic heterocycles. The van der Waals surface area contributed by atoms with Gasteiger partial charge >= 0.3 is 5.97 Å². The van der Waals surface area contributed by atoms with Gasteiger partial charge < -0.3 is 10.5 Å². The first-order valence-corrected chi connectivity index (χ1v) is 7.86. The molecule has 128 valence electrons. The number of aromatic nitrogens is 4. The van der Waals surface area contributed by atoms with E-state index in [1.54, 1.807) is 13.1 Å². The number of hydrogen-bond donors (Lipinski definition) is 1. The van der Waals surface area contributed by atoms with Crippen molar-refractivity contribution in [2.24, 2.45) is 7.05 Å². The Hall–Kier alpha value is -2.93. The van der Waals surface area contributed by atoms with Crippen molar-refractivity contribution in [1.29, 1.82) is 0 Å². The molecule has 0 saturated heterocycles. The Morgan fingerprint density at radius 3 is 2.64 bits per heavy atom. The fourth-order valence-corrected chi connectivity index (χ4v) is 2.84. The number of aryl methyl sites for hydroxylation is 1. The Bertz CT molecular complexity index is 904. The van der Waals surface area contributed by atoms with Gasteiger partial charge in [0, 0.05) is 25.1 Å². The summed E-state index contributed by atoms with van der Waals surface area (Å²) in [6, 6.07) is 11.3. The molecule has 8 heteroatoms. The van der Waals surface area contributed by atoms with E-state index in [0.29, 0.717) is 29.1 Å². The number of rotatable bonds is 4. The van der Waals surface area contributed by atoms with Crippen molar-refractivity contribution >= 4 is 23.5 Å². The van der Waals surface area contributed by atoms with Gasteiger partial charge in [-0.2, -0.15) is 5.10 Å². The van der Waals surface area contributed by atoms with Crippen molar-refractivity contribution in [1.82, 2.24) is 19.7 Å². The maximum absolute atomic E-state index is 12.3. The normalized spacial score (nSPS) is 10.7. The van der Waals surface area contributed by atoms with E-state index in [4.69, 9.17) is 22.1 Å². The van der Waals surface area contributed by atoms with E-state index in [1.165, 1.54) is 11.8 Å². The van der Waals surface area contributed by atoms with Gasteiger partial charge in [0.15, 0.2) is 0 Å². The molecule has 0 fully saturated rings. The van der Waals surface area contributed by atoms with E-state index in [-0.39, 0.29) is 11.1 Å². The van der Waals surface area contributed by atoms with Crippen molar-refractivity contribution in [2.45, 2.75) is 6.42 Å². The molecule has 25 heavy (non-hydrogen) atoms. The summed E-state index contributed by atoms with van der Waals surface area (Å²) in [7, 11) is 3.01. The Morgan fingerprint density at radius 1 is 1.28 bits per heavy atom. The lowest BCUT2D eigenvalue weighted by molar-refractivity contribution is 0.0587. The van der Waals surface area contributed by atoms with Gasteiger partial charge in [0.25, 0.3) is 0 Å². The van der Waals surface area contributed by atoms with Gasteiger partial charge in [0.2, 0.25) is 5.95 Å². The van der Waals surface area contributed by atoms with E-state index in [9.17, 15) is 4.79 Å². The van der Waals surface area contributed by atoms with Gasteiger partial charge in [0.1, 0.15) is 16.5 Å². The second-order valence-corrected chi connectivity index (χ2v) is 5.77. The molecular weight excluding hydrogens is 342 g/mol. The van der Waals surface area contributed by atoms with Crippen molar-refractivity contribution in [3.8, 4) is 11.4 Å². The zero-order valence-electron chi connectivity index (χ0n) is 13.7. The summed E-state index contributed by atoms with van der Waals surface area (Å²) in [5, 5.41) is 4.65. The number of anilines is 1. The molecule has 0 amide bonds. The Kier molecular flexibility index (Phi) is 4.67. The predicted molar refractivity (Wildman–Crippen MR) is 94.2 cm³/mol. The lowest BCUT2D eigenvalue weighted by atomic mass is 10.0. The molecule has 1 aromatic carbocycles. The average molecular weight is 358 g/mol. The highest BCUT2D eigenvalue weighted by Gasteiger charge is 2.25. The van der Waals surface area contributed by atoms with Crippen LogP contribution in [0.5, 0.6) is 0 Å². The van der Waals surface area contributed by atoms with E-state index >= 15 is 0 Å². The smallest absolute Gasteiger partial charge is 0.356 e. The topological polar surface area (TPSA) is 95.9 Å². The van der Waals surface area contributed by atoms with Crippen LogP contribution in [0, 0.1) is 0 Å². The van der Waals surface area contributed by atoms with E-state index < -0.39 is 5.97 Å². The summed E-state index contributed by atoms with van der Waals surface area (Å²) in [4.78, 5) is 20.3. The summed E-state index contributed by atoms with van der Waals surface area (Å²) in [5.41, 5.74) is 8.74. The van der Waals surface area contributed by atoms with E-state index in [1.807, 2.05) is 30.3 Å². The third kappa shape index (κ3) is 3.46. The van der Waals surface area contributed by atoms with Crippen LogP contribution in [0.4, 0.5) is 5.95 Å². The molecule has 2 aromatic heterocycles. The molecule has 0 saturated carbocycles. The van der Waals surface area contributed by atoms with Crippen LogP contribution in [-0.2, 0) is 18.2 Å². The van der Waals surface area contributed by atoms with Gasteiger partial charge in [-0.1, -0.05) is 41.9 Å². The number of nitrogens with two attached hydrogens (primary N) is 1. The SMILES string of the molecule is COC(=O)c1c(Cc2ccccc2)c(-c2cc(Cl)nc(N)n2)nn1C. The molecule has 2 N–H and O–H groups in total. The molecule has 7 nitrogen and oxygen atoms in total. The first-order valence-electron chi connectivity index (χ1n) is 7.48. The first kappa shape index (κ1) is 16.9. The number of esters is 1. The minimum atomic E-state index is -0.472. The Balaban J connectivity index is 2.19. The molecule has 3 aromatic rings. The van der Waals surface area contributed by atoms with Crippen molar-refractivity contribution in [3.63, 3.8) is 0 Å². The fourth-order valence-electron chi connectivity index (χ4n) is 2.65. The maximum atomic E-state index is 12.3. The molecule has 0 radical (unpaired) electrons. The summed E-state index contributed by atoms with van der Waals surface area (Å²) >= 11 is 5.99. The number of carbonyl (C=O) groups excluding carboxylic acids is 1. The summed E-state index contributed by atoms with van der Waals surface area (Å²) in [6.07, 6.45) is 0.482. The lowest BCUT2D eigenvalue weighted by Gasteiger charge is -2.06. The Morgan fingerprint density at radius 2 is 2.00 bits per heavy atom. The summed E-state index contributed by atoms with van der Waals surface area (Å²) in [6.45, 7) is 0. The van der Waals surface area contributed by atoms with Crippen LogP contribution in [0.2, 0.25) is 5.15 Å². The minimum absolute atomic E-state index is 0.0402. The Labute approximate surface area is 149 Å². The van der Waals surface area contributed by atoms with Gasteiger partial charge in [0.05, 0.1) is 12.8 Å². The molecular formula is C17H16ClN5O2. The highest BCUT2D eigenvalue weighted by Crippen LogP contribution is 2.28. The number of nitrogen functional groups attached to an aromatic ring is 1. The monoisotopic (exact) mass is 357 g/mol. The van der Waals surface area contributed by atoms with Crippen LogP contribution in [0.25, 0.3) is 11.4 Å². The molecule has 0 atom stereocenters. The van der Waals surface area contributed by atoms with Gasteiger partial charge in [-0.3, -0.25) is 4.68 Å². The molecule has 0 aliphatic rings. The number of ether oxygens (including phenoxy) is 1. The van der Waals surface area contributed by atoms with Gasteiger partial charge in [-0.15, -0.1) is 0 Å². The van der Waals surface area contributed by atoms with E-state index in [0.717, 1.165) is 5.56 Å². The van der Waals surface area contributed by atoms with E-state index in [2.05, 4.69) is 15.1 Å². The molecule has 0 aliphatic carbocycles. The zero-order chi connectivity index (χ0) is 18.0. The minimum Gasteiger partial charge on any atom is -0.464 e. The van der Waals surface area contributed by atoms with Crippen LogP contribution < -0.4 is 5.73 Å². The molecule has 0 unspecified atom stereocenters. The molecule has 2 heterocycles. The van der Waals surface area contributed by atoms with Crippen LogP contribution >= 0.6 is 11.6 Å². The van der Waals surface area contributed by atoms with Crippen molar-refractivity contribution in [3.05, 3.63) is 58.4 Å². The number of methoxy groups -OCH3 is 1. The second-order valence-electron chi connectivity index (χ2n) is 5.39. The highest BCUT2D eigenvalue weighted by molar-refractivity contribution is 6.29. The zero-order valence-corrected chi connectivity index (χ0v) is 14.5. The van der Waals surface area contributed by atoms with Crippen LogP contribution in [0.3, 0.4) is 0 Å². The third-order valence-corrected chi connectivity index (χ3v) is 3.90. The molecule has 0 spiro atoms. The van der Waals surface area contributed by atoms with Gasteiger partial charge in [-0.05, 0) is 5.56 Å². The largest absolute Gasteiger partial charge is 0.464 e. The van der Waals surface area contributed by atoms with Gasteiger partial charge in [-0.25, -0.2) is 14.8 Å². The standard InChI is InChI=1S/C17H16ClN5O2/c1-23-15(16(24)25-2)11(8-10-6-4-3-5-7-10)14(22-23)12-9-13(18)21-17(19)20-12/h3-7,9H,8H2,1-2H3,(H2,19,20,21). The van der Waals surface area contributed by atoms with Crippen LogP contribution in [0.1, 0.15) is 21.6 Å². The first-order chi connectivity index (χ1) is 12.0. The summed E-state index contributed by atoms with van der Waals surface area (Å²) < 4.78 is 6.39. The fraction of sp³-hybridized carbons (Fsp3) is 0.176.